The van der Waals surface area contributed by atoms with E-state index in [0.717, 1.165) is 6.42 Å². The van der Waals surface area contributed by atoms with Gasteiger partial charge in [-0.2, -0.15) is 0 Å². The molecule has 3 heteroatoms. The molecule has 1 aromatic rings. The highest BCUT2D eigenvalue weighted by molar-refractivity contribution is 5.77. The Hall–Kier alpha value is -1.79. The van der Waals surface area contributed by atoms with Crippen molar-refractivity contribution in [2.45, 2.75) is 19.3 Å². The van der Waals surface area contributed by atoms with Crippen molar-refractivity contribution in [3.63, 3.8) is 0 Å². The Morgan fingerprint density at radius 3 is 2.78 bits per heavy atom. The molecule has 1 atom stereocenters. The first-order chi connectivity index (χ1) is 8.74. The van der Waals surface area contributed by atoms with Gasteiger partial charge < -0.3 is 5.32 Å². The molecular weight excluding hydrogens is 224 g/mol. The Bertz CT molecular complexity index is 395. The zero-order valence-corrected chi connectivity index (χ0v) is 10.8. The van der Waals surface area contributed by atoms with Crippen LogP contribution in [0.4, 0.5) is 0 Å². The van der Waals surface area contributed by atoms with Crippen molar-refractivity contribution in [1.82, 2.24) is 10.6 Å². The fraction of sp³-hybridized carbons (Fsp3) is 0.400. The first kappa shape index (κ1) is 14.3. The van der Waals surface area contributed by atoms with Crippen molar-refractivity contribution in [2.24, 2.45) is 0 Å². The minimum atomic E-state index is -0.00879. The molecule has 0 aliphatic carbocycles. The van der Waals surface area contributed by atoms with Gasteiger partial charge in [0.1, 0.15) is 0 Å². The van der Waals surface area contributed by atoms with Gasteiger partial charge in [0, 0.05) is 6.54 Å². The number of hydrogen-bond donors (Lipinski definition) is 2. The summed E-state index contributed by atoms with van der Waals surface area (Å²) in [6.45, 7) is 3.56. The van der Waals surface area contributed by atoms with Crippen molar-refractivity contribution in [3.8, 4) is 12.3 Å². The van der Waals surface area contributed by atoms with Crippen LogP contribution in [0.3, 0.4) is 0 Å². The van der Waals surface area contributed by atoms with Gasteiger partial charge in [-0.3, -0.25) is 10.1 Å². The first-order valence-electron chi connectivity index (χ1n) is 6.20. The molecular formula is C15H20N2O. The molecule has 0 fully saturated rings. The predicted octanol–water partition coefficient (Wildman–Crippen LogP) is 1.52. The van der Waals surface area contributed by atoms with Gasteiger partial charge in [0.25, 0.3) is 0 Å². The third-order valence-corrected chi connectivity index (χ3v) is 2.78. The molecule has 0 aromatic heterocycles. The summed E-state index contributed by atoms with van der Waals surface area (Å²) in [7, 11) is 0. The third-order valence-electron chi connectivity index (χ3n) is 2.78. The lowest BCUT2D eigenvalue weighted by molar-refractivity contribution is -0.120. The van der Waals surface area contributed by atoms with E-state index in [1.807, 2.05) is 18.2 Å². The summed E-state index contributed by atoms with van der Waals surface area (Å²) in [4.78, 5) is 11.4. The molecule has 0 radical (unpaired) electrons. The van der Waals surface area contributed by atoms with Gasteiger partial charge >= 0.3 is 0 Å². The molecule has 3 nitrogen and oxygen atoms in total. The number of rotatable bonds is 7. The van der Waals surface area contributed by atoms with Crippen LogP contribution in [0.1, 0.15) is 24.8 Å². The van der Waals surface area contributed by atoms with Gasteiger partial charge in [-0.25, -0.2) is 0 Å². The lowest BCUT2D eigenvalue weighted by Gasteiger charge is -2.12. The highest BCUT2D eigenvalue weighted by Crippen LogP contribution is 2.17. The maximum absolute atomic E-state index is 11.4. The van der Waals surface area contributed by atoms with Crippen LogP contribution in [-0.4, -0.2) is 25.5 Å². The van der Waals surface area contributed by atoms with Crippen LogP contribution in [0, 0.1) is 12.3 Å². The summed E-state index contributed by atoms with van der Waals surface area (Å²) < 4.78 is 0. The SMILES string of the molecule is C#CCNCC(=O)NCCC(C)c1ccccc1. The fourth-order valence-corrected chi connectivity index (χ4v) is 1.69. The molecule has 0 aliphatic rings. The molecule has 1 aromatic carbocycles. The number of benzene rings is 1. The number of amides is 1. The maximum Gasteiger partial charge on any atom is 0.233 e. The Labute approximate surface area is 109 Å². The number of hydrogen-bond acceptors (Lipinski definition) is 2. The van der Waals surface area contributed by atoms with Gasteiger partial charge in [0.15, 0.2) is 0 Å². The van der Waals surface area contributed by atoms with E-state index in [4.69, 9.17) is 6.42 Å². The largest absolute Gasteiger partial charge is 0.355 e. The fourth-order valence-electron chi connectivity index (χ4n) is 1.69. The van der Waals surface area contributed by atoms with Gasteiger partial charge in [0.2, 0.25) is 5.91 Å². The maximum atomic E-state index is 11.4. The van der Waals surface area contributed by atoms with E-state index in [-0.39, 0.29) is 12.5 Å². The Morgan fingerprint density at radius 1 is 1.39 bits per heavy atom. The molecule has 1 rings (SSSR count). The average molecular weight is 244 g/mol. The van der Waals surface area contributed by atoms with Crippen molar-refractivity contribution in [3.05, 3.63) is 35.9 Å². The van der Waals surface area contributed by atoms with E-state index in [0.29, 0.717) is 19.0 Å². The van der Waals surface area contributed by atoms with E-state index in [2.05, 4.69) is 35.6 Å². The molecule has 18 heavy (non-hydrogen) atoms. The van der Waals surface area contributed by atoms with E-state index < -0.39 is 0 Å². The summed E-state index contributed by atoms with van der Waals surface area (Å²) in [5.74, 6) is 2.87. The molecule has 0 aliphatic heterocycles. The zero-order valence-electron chi connectivity index (χ0n) is 10.8. The van der Waals surface area contributed by atoms with Crippen LogP contribution in [-0.2, 0) is 4.79 Å². The monoisotopic (exact) mass is 244 g/mol. The topological polar surface area (TPSA) is 41.1 Å². The number of carbonyl (C=O) groups is 1. The Morgan fingerprint density at radius 2 is 2.11 bits per heavy atom. The third kappa shape index (κ3) is 5.51. The van der Waals surface area contributed by atoms with E-state index >= 15 is 0 Å². The van der Waals surface area contributed by atoms with Crippen LogP contribution in [0.2, 0.25) is 0 Å². The van der Waals surface area contributed by atoms with E-state index in [1.165, 1.54) is 5.56 Å². The number of nitrogens with one attached hydrogen (secondary N) is 2. The van der Waals surface area contributed by atoms with Gasteiger partial charge in [0.05, 0.1) is 13.1 Å². The molecule has 1 unspecified atom stereocenters. The summed E-state index contributed by atoms with van der Waals surface area (Å²) in [5, 5.41) is 5.73. The van der Waals surface area contributed by atoms with Crippen molar-refractivity contribution >= 4 is 5.91 Å². The lowest BCUT2D eigenvalue weighted by Crippen LogP contribution is -2.34. The van der Waals surface area contributed by atoms with Crippen LogP contribution in [0.5, 0.6) is 0 Å². The van der Waals surface area contributed by atoms with Crippen LogP contribution in [0.15, 0.2) is 30.3 Å². The zero-order chi connectivity index (χ0) is 13.2. The minimum absolute atomic E-state index is 0.00879. The Kier molecular flexibility index (Phi) is 6.60. The molecule has 0 bridgehead atoms. The summed E-state index contributed by atoms with van der Waals surface area (Å²) >= 11 is 0. The second kappa shape index (κ2) is 8.32. The Balaban J connectivity index is 2.18. The standard InChI is InChI=1S/C15H20N2O/c1-3-10-16-12-15(18)17-11-9-13(2)14-7-5-4-6-8-14/h1,4-8,13,16H,9-12H2,2H3,(H,17,18). The molecule has 0 heterocycles. The summed E-state index contributed by atoms with van der Waals surface area (Å²) in [5.41, 5.74) is 1.30. The highest BCUT2D eigenvalue weighted by Gasteiger charge is 2.05. The van der Waals surface area contributed by atoms with Crippen LogP contribution in [0.25, 0.3) is 0 Å². The molecule has 2 N–H and O–H groups in total. The minimum Gasteiger partial charge on any atom is -0.355 e. The molecule has 0 saturated heterocycles. The second-order valence-electron chi connectivity index (χ2n) is 4.26. The first-order valence-corrected chi connectivity index (χ1v) is 6.20. The van der Waals surface area contributed by atoms with Gasteiger partial charge in [-0.05, 0) is 17.9 Å². The van der Waals surface area contributed by atoms with Crippen LogP contribution >= 0.6 is 0 Å². The smallest absolute Gasteiger partial charge is 0.233 e. The van der Waals surface area contributed by atoms with Crippen molar-refractivity contribution in [2.75, 3.05) is 19.6 Å². The summed E-state index contributed by atoms with van der Waals surface area (Å²) in [6.07, 6.45) is 6.01. The molecule has 0 saturated carbocycles. The average Bonchev–Trinajstić information content (AvgIpc) is 2.40. The molecule has 1 amide bonds. The summed E-state index contributed by atoms with van der Waals surface area (Å²) in [6, 6.07) is 10.3. The van der Waals surface area contributed by atoms with E-state index in [9.17, 15) is 4.79 Å². The van der Waals surface area contributed by atoms with Crippen molar-refractivity contribution in [1.29, 1.82) is 0 Å². The van der Waals surface area contributed by atoms with Gasteiger partial charge in [-0.1, -0.05) is 43.2 Å². The number of carbonyl (C=O) groups excluding carboxylic acids is 1. The van der Waals surface area contributed by atoms with Gasteiger partial charge in [-0.15, -0.1) is 6.42 Å². The second-order valence-corrected chi connectivity index (χ2v) is 4.26. The number of terminal acetylenes is 1. The lowest BCUT2D eigenvalue weighted by atomic mass is 9.98. The van der Waals surface area contributed by atoms with Crippen molar-refractivity contribution < 1.29 is 4.79 Å². The molecule has 96 valence electrons. The highest BCUT2D eigenvalue weighted by atomic mass is 16.1. The predicted molar refractivity (Wildman–Crippen MR) is 74.2 cm³/mol. The quantitative estimate of drug-likeness (QED) is 0.564. The van der Waals surface area contributed by atoms with E-state index in [1.54, 1.807) is 0 Å². The molecule has 0 spiro atoms. The van der Waals surface area contributed by atoms with Crippen LogP contribution < -0.4 is 10.6 Å². The normalized spacial score (nSPS) is 11.6.